The van der Waals surface area contributed by atoms with E-state index >= 15 is 0 Å². The Morgan fingerprint density at radius 2 is 2.12 bits per heavy atom. The summed E-state index contributed by atoms with van der Waals surface area (Å²) in [7, 11) is 0. The molecule has 1 heterocycles. The van der Waals surface area contributed by atoms with E-state index in [-0.39, 0.29) is 5.91 Å². The molecule has 0 saturated heterocycles. The third-order valence-corrected chi connectivity index (χ3v) is 5.92. The summed E-state index contributed by atoms with van der Waals surface area (Å²) >= 11 is 1.63. The van der Waals surface area contributed by atoms with Crippen LogP contribution in [0.2, 0.25) is 0 Å². The summed E-state index contributed by atoms with van der Waals surface area (Å²) in [5.74, 6) is 2.51. The molecule has 25 heavy (non-hydrogen) atoms. The predicted molar refractivity (Wildman–Crippen MR) is 100 cm³/mol. The monoisotopic (exact) mass is 356 g/mol. The Morgan fingerprint density at radius 1 is 1.28 bits per heavy atom. The molecule has 132 valence electrons. The summed E-state index contributed by atoms with van der Waals surface area (Å²) in [4.78, 5) is 12.2. The number of carbonyl (C=O) groups is 1. The van der Waals surface area contributed by atoms with Gasteiger partial charge in [0.2, 0.25) is 5.91 Å². The van der Waals surface area contributed by atoms with Crippen LogP contribution in [-0.4, -0.2) is 26.4 Å². The molecule has 2 aliphatic rings. The summed E-state index contributed by atoms with van der Waals surface area (Å²) in [6, 6.07) is 6.30. The Labute approximate surface area is 152 Å². The van der Waals surface area contributed by atoms with Crippen LogP contribution in [0.1, 0.15) is 55.5 Å². The Balaban J connectivity index is 1.29. The Morgan fingerprint density at radius 3 is 2.92 bits per heavy atom. The zero-order valence-corrected chi connectivity index (χ0v) is 15.4. The second kappa shape index (κ2) is 7.20. The first-order chi connectivity index (χ1) is 12.2. The number of hydrogen-bond donors (Lipinski definition) is 1. The highest BCUT2D eigenvalue weighted by atomic mass is 32.2. The molecule has 1 N–H and O–H groups in total. The highest BCUT2D eigenvalue weighted by Gasteiger charge is 2.29. The van der Waals surface area contributed by atoms with E-state index in [1.807, 2.05) is 6.07 Å². The number of carbonyl (C=O) groups excluding carboxylic acids is 1. The summed E-state index contributed by atoms with van der Waals surface area (Å²) in [6.45, 7) is 3.02. The number of fused-ring (bicyclic) bond motifs is 1. The zero-order chi connectivity index (χ0) is 17.2. The number of aryl methyl sites for hydroxylation is 2. The topological polar surface area (TPSA) is 59.8 Å². The Bertz CT molecular complexity index is 782. The normalized spacial score (nSPS) is 16.0. The van der Waals surface area contributed by atoms with E-state index in [4.69, 9.17) is 0 Å². The number of thioether (sulfide) groups is 1. The van der Waals surface area contributed by atoms with Gasteiger partial charge in [-0.25, -0.2) is 0 Å². The standard InChI is InChI=1S/C19H24N4OS/c1-2-23-18(14-6-7-14)21-22-19(23)25-11-10-17(24)20-16-9-8-13-4-3-5-15(13)12-16/h8-9,12,14H,2-7,10-11H2,1H3,(H,20,24). The van der Waals surface area contributed by atoms with E-state index in [1.165, 1.54) is 36.8 Å². The van der Waals surface area contributed by atoms with Crippen molar-refractivity contribution in [1.82, 2.24) is 14.8 Å². The summed E-state index contributed by atoms with van der Waals surface area (Å²) in [5.41, 5.74) is 3.73. The minimum absolute atomic E-state index is 0.0652. The summed E-state index contributed by atoms with van der Waals surface area (Å²) in [6.07, 6.45) is 6.46. The average molecular weight is 356 g/mol. The van der Waals surface area contributed by atoms with Gasteiger partial charge in [-0.3, -0.25) is 4.79 Å². The molecular formula is C19H24N4OS. The van der Waals surface area contributed by atoms with Crippen LogP contribution in [0.5, 0.6) is 0 Å². The summed E-state index contributed by atoms with van der Waals surface area (Å²) < 4.78 is 2.20. The number of aromatic nitrogens is 3. The fraction of sp³-hybridized carbons (Fsp3) is 0.526. The van der Waals surface area contributed by atoms with Gasteiger partial charge < -0.3 is 9.88 Å². The first kappa shape index (κ1) is 16.6. The molecule has 0 atom stereocenters. The van der Waals surface area contributed by atoms with Crippen LogP contribution in [0.15, 0.2) is 23.4 Å². The predicted octanol–water partition coefficient (Wildman–Crippen LogP) is 3.79. The van der Waals surface area contributed by atoms with Gasteiger partial charge in [0, 0.05) is 30.3 Å². The quantitative estimate of drug-likeness (QED) is 0.767. The first-order valence-electron chi connectivity index (χ1n) is 9.22. The van der Waals surface area contributed by atoms with Crippen molar-refractivity contribution in [2.75, 3.05) is 11.1 Å². The van der Waals surface area contributed by atoms with Crippen molar-refractivity contribution in [2.45, 2.75) is 63.1 Å². The van der Waals surface area contributed by atoms with E-state index in [1.54, 1.807) is 11.8 Å². The van der Waals surface area contributed by atoms with Gasteiger partial charge in [0.05, 0.1) is 0 Å². The molecule has 2 aliphatic carbocycles. The van der Waals surface area contributed by atoms with Gasteiger partial charge in [0.1, 0.15) is 5.82 Å². The van der Waals surface area contributed by atoms with E-state index in [2.05, 4.69) is 39.1 Å². The lowest BCUT2D eigenvalue weighted by atomic mass is 10.1. The lowest BCUT2D eigenvalue weighted by Gasteiger charge is -2.08. The molecule has 1 amide bonds. The molecule has 0 spiro atoms. The van der Waals surface area contributed by atoms with Crippen molar-refractivity contribution in [2.24, 2.45) is 0 Å². The number of benzene rings is 1. The van der Waals surface area contributed by atoms with Gasteiger partial charge in [-0.15, -0.1) is 10.2 Å². The molecule has 5 nitrogen and oxygen atoms in total. The van der Waals surface area contributed by atoms with E-state index in [0.29, 0.717) is 12.3 Å². The SMILES string of the molecule is CCn1c(SCCC(=O)Nc2ccc3c(c2)CCC3)nnc1C1CC1. The van der Waals surface area contributed by atoms with Gasteiger partial charge in [-0.05, 0) is 62.3 Å². The van der Waals surface area contributed by atoms with Gasteiger partial charge >= 0.3 is 0 Å². The third-order valence-electron chi connectivity index (χ3n) is 4.95. The maximum absolute atomic E-state index is 12.2. The van der Waals surface area contributed by atoms with E-state index in [9.17, 15) is 4.79 Å². The maximum Gasteiger partial charge on any atom is 0.225 e. The minimum atomic E-state index is 0.0652. The zero-order valence-electron chi connectivity index (χ0n) is 14.6. The van der Waals surface area contributed by atoms with E-state index < -0.39 is 0 Å². The number of anilines is 1. The molecule has 2 aromatic rings. The average Bonchev–Trinajstić information content (AvgIpc) is 3.20. The minimum Gasteiger partial charge on any atom is -0.326 e. The van der Waals surface area contributed by atoms with Crippen molar-refractivity contribution < 1.29 is 4.79 Å². The molecule has 1 aromatic carbocycles. The van der Waals surface area contributed by atoms with Crippen molar-refractivity contribution in [3.05, 3.63) is 35.2 Å². The first-order valence-corrected chi connectivity index (χ1v) is 10.2. The highest BCUT2D eigenvalue weighted by molar-refractivity contribution is 7.99. The molecule has 0 aliphatic heterocycles. The molecule has 1 fully saturated rings. The van der Waals surface area contributed by atoms with Crippen molar-refractivity contribution in [3.8, 4) is 0 Å². The third kappa shape index (κ3) is 3.73. The van der Waals surface area contributed by atoms with Crippen LogP contribution in [0.25, 0.3) is 0 Å². The second-order valence-electron chi connectivity index (χ2n) is 6.84. The van der Waals surface area contributed by atoms with Crippen LogP contribution < -0.4 is 5.32 Å². The molecule has 0 bridgehead atoms. The summed E-state index contributed by atoms with van der Waals surface area (Å²) in [5, 5.41) is 12.6. The van der Waals surface area contributed by atoms with Crippen LogP contribution in [-0.2, 0) is 24.2 Å². The Hall–Kier alpha value is -1.82. The maximum atomic E-state index is 12.2. The highest BCUT2D eigenvalue weighted by Crippen LogP contribution is 2.40. The molecule has 1 saturated carbocycles. The Kier molecular flexibility index (Phi) is 4.79. The van der Waals surface area contributed by atoms with Crippen molar-refractivity contribution in [1.29, 1.82) is 0 Å². The molecule has 6 heteroatoms. The van der Waals surface area contributed by atoms with Gasteiger partial charge in [-0.2, -0.15) is 0 Å². The molecule has 0 radical (unpaired) electrons. The number of amides is 1. The van der Waals surface area contributed by atoms with Crippen LogP contribution in [0.4, 0.5) is 5.69 Å². The fourth-order valence-electron chi connectivity index (χ4n) is 3.46. The smallest absolute Gasteiger partial charge is 0.225 e. The lowest BCUT2D eigenvalue weighted by Crippen LogP contribution is -2.12. The molecule has 0 unspecified atom stereocenters. The fourth-order valence-corrected chi connectivity index (χ4v) is 4.40. The second-order valence-corrected chi connectivity index (χ2v) is 7.91. The largest absolute Gasteiger partial charge is 0.326 e. The van der Waals surface area contributed by atoms with Crippen molar-refractivity contribution in [3.63, 3.8) is 0 Å². The number of hydrogen-bond acceptors (Lipinski definition) is 4. The van der Waals surface area contributed by atoms with Gasteiger partial charge in [0.15, 0.2) is 5.16 Å². The van der Waals surface area contributed by atoms with E-state index in [0.717, 1.165) is 35.4 Å². The number of nitrogens with one attached hydrogen (secondary N) is 1. The lowest BCUT2D eigenvalue weighted by molar-refractivity contribution is -0.115. The van der Waals surface area contributed by atoms with Crippen LogP contribution in [0, 0.1) is 0 Å². The van der Waals surface area contributed by atoms with Crippen molar-refractivity contribution >= 4 is 23.4 Å². The molecule has 4 rings (SSSR count). The molecular weight excluding hydrogens is 332 g/mol. The van der Waals surface area contributed by atoms with Crippen LogP contribution >= 0.6 is 11.8 Å². The number of rotatable bonds is 7. The van der Waals surface area contributed by atoms with Gasteiger partial charge in [0.25, 0.3) is 0 Å². The van der Waals surface area contributed by atoms with Gasteiger partial charge in [-0.1, -0.05) is 17.8 Å². The number of nitrogens with zero attached hydrogens (tertiary/aromatic N) is 3. The molecule has 1 aromatic heterocycles. The van der Waals surface area contributed by atoms with Crippen LogP contribution in [0.3, 0.4) is 0 Å².